The van der Waals surface area contributed by atoms with Gasteiger partial charge in [-0.15, -0.1) is 0 Å². The lowest BCUT2D eigenvalue weighted by Gasteiger charge is -2.37. The number of allylic oxidation sites excluding steroid dienone is 1. The number of hydrogen-bond acceptors (Lipinski definition) is 6. The average Bonchev–Trinajstić information content (AvgIpc) is 3.29. The number of thiocarbonyl (C=S) groups is 1. The number of benzene rings is 2. The van der Waals surface area contributed by atoms with Crippen LogP contribution in [0, 0.1) is 12.7 Å². The van der Waals surface area contributed by atoms with Crippen molar-refractivity contribution in [1.29, 1.82) is 0 Å². The summed E-state index contributed by atoms with van der Waals surface area (Å²) in [6, 6.07) is 12.5. The molecule has 0 aliphatic carbocycles. The summed E-state index contributed by atoms with van der Waals surface area (Å²) in [7, 11) is 3.06. The van der Waals surface area contributed by atoms with Crippen LogP contribution < -0.4 is 10.1 Å². The van der Waals surface area contributed by atoms with E-state index < -0.39 is 5.82 Å². The lowest BCUT2D eigenvalue weighted by molar-refractivity contribution is 0.183. The third-order valence-corrected chi connectivity index (χ3v) is 5.93. The fraction of sp³-hybridized carbons (Fsp3) is 0.292. The summed E-state index contributed by atoms with van der Waals surface area (Å²) >= 11 is 5.65. The van der Waals surface area contributed by atoms with Crippen molar-refractivity contribution >= 4 is 22.9 Å². The fourth-order valence-electron chi connectivity index (χ4n) is 3.77. The molecule has 0 saturated carbocycles. The van der Waals surface area contributed by atoms with Gasteiger partial charge < -0.3 is 24.2 Å². The van der Waals surface area contributed by atoms with E-state index in [4.69, 9.17) is 26.2 Å². The molecule has 33 heavy (non-hydrogen) atoms. The van der Waals surface area contributed by atoms with E-state index >= 15 is 0 Å². The molecule has 7 nitrogen and oxygen atoms in total. The maximum Gasteiger partial charge on any atom is 0.258 e. The molecule has 3 aromatic rings. The average molecular weight is 469 g/mol. The van der Waals surface area contributed by atoms with Gasteiger partial charge in [-0.3, -0.25) is 0 Å². The lowest BCUT2D eigenvalue weighted by atomic mass is 9.94. The Kier molecular flexibility index (Phi) is 6.71. The van der Waals surface area contributed by atoms with E-state index in [2.05, 4.69) is 15.5 Å². The van der Waals surface area contributed by atoms with Crippen LogP contribution in [-0.4, -0.2) is 47.5 Å². The highest BCUT2D eigenvalue weighted by atomic mass is 32.1. The minimum atomic E-state index is -0.496. The molecule has 4 rings (SSSR count). The molecule has 1 atom stereocenters. The van der Waals surface area contributed by atoms with Crippen LogP contribution in [0.1, 0.15) is 30.0 Å². The van der Waals surface area contributed by atoms with E-state index in [0.29, 0.717) is 29.7 Å². The molecule has 172 valence electrons. The maximum atomic E-state index is 14.2. The van der Waals surface area contributed by atoms with Crippen LogP contribution in [0.3, 0.4) is 0 Å². The van der Waals surface area contributed by atoms with Gasteiger partial charge in [0.1, 0.15) is 0 Å². The standard InChI is InChI=1S/C24H25FN4O3S/c1-14-5-7-16(8-6-14)21-20(15(2)29(11-12-30-3)24(33)26-21)23-27-22(28-32-23)17-9-10-19(31-4)18(25)13-17/h5-10,13,21H,11-12H2,1-4H3,(H,26,33). The molecule has 1 aromatic heterocycles. The smallest absolute Gasteiger partial charge is 0.258 e. The predicted molar refractivity (Wildman–Crippen MR) is 127 cm³/mol. The predicted octanol–water partition coefficient (Wildman–Crippen LogP) is 4.50. The molecule has 1 unspecified atom stereocenters. The first-order chi connectivity index (χ1) is 15.9. The Morgan fingerprint density at radius 2 is 1.91 bits per heavy atom. The van der Waals surface area contributed by atoms with Gasteiger partial charge in [-0.2, -0.15) is 4.98 Å². The van der Waals surface area contributed by atoms with Crippen molar-refractivity contribution in [2.45, 2.75) is 19.9 Å². The topological polar surface area (TPSA) is 72.7 Å². The molecular weight excluding hydrogens is 443 g/mol. The van der Waals surface area contributed by atoms with E-state index in [1.165, 1.54) is 19.2 Å². The van der Waals surface area contributed by atoms with Crippen molar-refractivity contribution in [3.8, 4) is 17.1 Å². The molecule has 0 fully saturated rings. The van der Waals surface area contributed by atoms with Gasteiger partial charge in [0.15, 0.2) is 16.7 Å². The van der Waals surface area contributed by atoms with E-state index in [1.807, 2.05) is 43.0 Å². The first-order valence-corrected chi connectivity index (χ1v) is 10.9. The minimum Gasteiger partial charge on any atom is -0.494 e. The second-order valence-corrected chi connectivity index (χ2v) is 8.10. The van der Waals surface area contributed by atoms with Crippen molar-refractivity contribution in [1.82, 2.24) is 20.4 Å². The molecule has 0 saturated heterocycles. The molecule has 0 amide bonds. The van der Waals surface area contributed by atoms with Gasteiger partial charge in [0.2, 0.25) is 5.82 Å². The molecule has 1 aliphatic rings. The van der Waals surface area contributed by atoms with Crippen LogP contribution in [0.4, 0.5) is 4.39 Å². The zero-order valence-corrected chi connectivity index (χ0v) is 19.7. The third kappa shape index (κ3) is 4.60. The van der Waals surface area contributed by atoms with Crippen LogP contribution in [0.5, 0.6) is 5.75 Å². The minimum absolute atomic E-state index is 0.152. The molecule has 1 aliphatic heterocycles. The van der Waals surface area contributed by atoms with E-state index in [-0.39, 0.29) is 17.6 Å². The van der Waals surface area contributed by atoms with Gasteiger partial charge in [-0.25, -0.2) is 4.39 Å². The summed E-state index contributed by atoms with van der Waals surface area (Å²) in [6.07, 6.45) is 0. The van der Waals surface area contributed by atoms with Crippen molar-refractivity contribution in [3.63, 3.8) is 0 Å². The fourth-order valence-corrected chi connectivity index (χ4v) is 4.12. The molecule has 1 N–H and O–H groups in total. The van der Waals surface area contributed by atoms with Crippen molar-refractivity contribution in [3.05, 3.63) is 71.0 Å². The van der Waals surface area contributed by atoms with Crippen LogP contribution in [0.15, 0.2) is 52.7 Å². The summed E-state index contributed by atoms with van der Waals surface area (Å²) in [5, 5.41) is 8.11. The Labute approximate surface area is 197 Å². The number of nitrogens with one attached hydrogen (secondary N) is 1. The van der Waals surface area contributed by atoms with E-state index in [0.717, 1.165) is 22.4 Å². The van der Waals surface area contributed by atoms with Crippen LogP contribution in [0.25, 0.3) is 17.0 Å². The SMILES string of the molecule is COCCN1C(=S)NC(c2ccc(C)cc2)C(c2nc(-c3ccc(OC)c(F)c3)no2)=C1C. The van der Waals surface area contributed by atoms with Gasteiger partial charge in [-0.05, 0) is 49.8 Å². The Morgan fingerprint density at radius 1 is 1.15 bits per heavy atom. The van der Waals surface area contributed by atoms with Gasteiger partial charge in [-0.1, -0.05) is 35.0 Å². The zero-order valence-electron chi connectivity index (χ0n) is 18.9. The second-order valence-electron chi connectivity index (χ2n) is 7.71. The number of nitrogens with zero attached hydrogens (tertiary/aromatic N) is 3. The molecule has 2 aromatic carbocycles. The Balaban J connectivity index is 1.78. The summed E-state index contributed by atoms with van der Waals surface area (Å²) in [4.78, 5) is 6.55. The van der Waals surface area contributed by atoms with Crippen LogP contribution >= 0.6 is 12.2 Å². The molecular formula is C24H25FN4O3S. The summed E-state index contributed by atoms with van der Waals surface area (Å²) in [6.45, 7) is 5.08. The highest BCUT2D eigenvalue weighted by Gasteiger charge is 2.34. The monoisotopic (exact) mass is 468 g/mol. The van der Waals surface area contributed by atoms with Gasteiger partial charge in [0.05, 0.1) is 25.3 Å². The molecule has 0 radical (unpaired) electrons. The number of aryl methyl sites for hydroxylation is 1. The molecule has 2 heterocycles. The van der Waals surface area contributed by atoms with Crippen molar-refractivity contribution < 1.29 is 18.4 Å². The van der Waals surface area contributed by atoms with E-state index in [9.17, 15) is 4.39 Å². The first kappa shape index (κ1) is 22.9. The van der Waals surface area contributed by atoms with Crippen molar-refractivity contribution in [2.75, 3.05) is 27.4 Å². The number of hydrogen-bond donors (Lipinski definition) is 1. The largest absolute Gasteiger partial charge is 0.494 e. The normalized spacial score (nSPS) is 16.2. The van der Waals surface area contributed by atoms with Gasteiger partial charge in [0.25, 0.3) is 5.89 Å². The summed E-state index contributed by atoms with van der Waals surface area (Å²) in [5.74, 6) is 0.275. The quantitative estimate of drug-likeness (QED) is 0.508. The highest BCUT2D eigenvalue weighted by Crippen LogP contribution is 2.37. The summed E-state index contributed by atoms with van der Waals surface area (Å²) < 4.78 is 30.1. The Morgan fingerprint density at radius 3 is 2.58 bits per heavy atom. The first-order valence-electron chi connectivity index (χ1n) is 10.4. The number of ether oxygens (including phenoxy) is 2. The Hall–Kier alpha value is -3.30. The molecule has 0 spiro atoms. The molecule has 9 heteroatoms. The van der Waals surface area contributed by atoms with Gasteiger partial charge in [0, 0.05) is 24.9 Å². The second kappa shape index (κ2) is 9.68. The number of aromatic nitrogens is 2. The number of rotatable bonds is 7. The van der Waals surface area contributed by atoms with Gasteiger partial charge >= 0.3 is 0 Å². The van der Waals surface area contributed by atoms with E-state index in [1.54, 1.807) is 13.2 Å². The van der Waals surface area contributed by atoms with Crippen LogP contribution in [-0.2, 0) is 4.74 Å². The number of halogens is 1. The molecule has 0 bridgehead atoms. The zero-order chi connectivity index (χ0) is 23.5. The maximum absolute atomic E-state index is 14.2. The number of methoxy groups -OCH3 is 2. The third-order valence-electron chi connectivity index (χ3n) is 5.59. The highest BCUT2D eigenvalue weighted by molar-refractivity contribution is 7.80. The van der Waals surface area contributed by atoms with Crippen LogP contribution in [0.2, 0.25) is 0 Å². The Bertz CT molecular complexity index is 1190. The lowest BCUT2D eigenvalue weighted by Crippen LogP contribution is -2.47. The van der Waals surface area contributed by atoms with Crippen molar-refractivity contribution in [2.24, 2.45) is 0 Å². The summed E-state index contributed by atoms with van der Waals surface area (Å²) in [5.41, 5.74) is 4.35.